The van der Waals surface area contributed by atoms with E-state index in [-0.39, 0.29) is 12.2 Å². The number of aromatic nitrogens is 4. The lowest BCUT2D eigenvalue weighted by Crippen LogP contribution is -2.19. The van der Waals surface area contributed by atoms with Crippen LogP contribution < -0.4 is 10.3 Å². The zero-order valence-electron chi connectivity index (χ0n) is 20.4. The van der Waals surface area contributed by atoms with Crippen LogP contribution in [0.4, 0.5) is 13.2 Å². The maximum atomic E-state index is 13.5. The molecule has 0 aliphatic rings. The molecule has 0 aliphatic carbocycles. The third-order valence-electron chi connectivity index (χ3n) is 6.16. The number of aryl methyl sites for hydroxylation is 3. The summed E-state index contributed by atoms with van der Waals surface area (Å²) in [7, 11) is 0. The molecule has 0 spiro atoms. The summed E-state index contributed by atoms with van der Waals surface area (Å²) in [5.74, 6) is 0.343. The molecular formula is C28H23F3N4O2. The Bertz CT molecular complexity index is 1670. The summed E-state index contributed by atoms with van der Waals surface area (Å²) in [5.41, 5.74) is 4.10. The molecule has 0 bridgehead atoms. The second kappa shape index (κ2) is 9.24. The Balaban J connectivity index is 1.49. The highest BCUT2D eigenvalue weighted by atomic mass is 19.4. The highest BCUT2D eigenvalue weighted by Gasteiger charge is 2.30. The zero-order valence-corrected chi connectivity index (χ0v) is 20.4. The predicted molar refractivity (Wildman–Crippen MR) is 134 cm³/mol. The molecule has 0 saturated heterocycles. The van der Waals surface area contributed by atoms with Gasteiger partial charge in [0.05, 0.1) is 22.5 Å². The van der Waals surface area contributed by atoms with Crippen LogP contribution in [0.25, 0.3) is 22.6 Å². The fourth-order valence-electron chi connectivity index (χ4n) is 4.24. The molecule has 3 aromatic heterocycles. The molecule has 5 rings (SSSR count). The van der Waals surface area contributed by atoms with Crippen molar-refractivity contribution in [2.45, 2.75) is 33.6 Å². The van der Waals surface area contributed by atoms with Gasteiger partial charge < -0.3 is 4.74 Å². The van der Waals surface area contributed by atoms with Crippen molar-refractivity contribution in [2.75, 3.05) is 0 Å². The number of hydrogen-bond acceptors (Lipinski definition) is 4. The Morgan fingerprint density at radius 3 is 2.38 bits per heavy atom. The average Bonchev–Trinajstić information content (AvgIpc) is 3.23. The minimum atomic E-state index is -4.40. The van der Waals surface area contributed by atoms with Gasteiger partial charge in [0.25, 0.3) is 5.56 Å². The maximum Gasteiger partial charge on any atom is 0.416 e. The largest absolute Gasteiger partial charge is 0.485 e. The van der Waals surface area contributed by atoms with Gasteiger partial charge >= 0.3 is 6.18 Å². The molecular weight excluding hydrogens is 481 g/mol. The van der Waals surface area contributed by atoms with Gasteiger partial charge in [-0.3, -0.25) is 9.20 Å². The van der Waals surface area contributed by atoms with E-state index in [4.69, 9.17) is 9.84 Å². The van der Waals surface area contributed by atoms with Crippen LogP contribution in [-0.2, 0) is 12.8 Å². The summed E-state index contributed by atoms with van der Waals surface area (Å²) in [4.78, 5) is 18.2. The molecule has 0 N–H and O–H groups in total. The van der Waals surface area contributed by atoms with Crippen molar-refractivity contribution < 1.29 is 17.9 Å². The molecule has 37 heavy (non-hydrogen) atoms. The fourth-order valence-corrected chi connectivity index (χ4v) is 4.24. The van der Waals surface area contributed by atoms with Gasteiger partial charge in [0, 0.05) is 11.9 Å². The molecule has 5 aromatic rings. The van der Waals surface area contributed by atoms with E-state index >= 15 is 0 Å². The normalized spacial score (nSPS) is 11.7. The number of halogens is 3. The number of fused-ring (bicyclic) bond motifs is 1. The van der Waals surface area contributed by atoms with Gasteiger partial charge in [0.2, 0.25) is 0 Å². The van der Waals surface area contributed by atoms with Crippen LogP contribution in [-0.4, -0.2) is 19.2 Å². The van der Waals surface area contributed by atoms with E-state index in [1.165, 1.54) is 16.5 Å². The van der Waals surface area contributed by atoms with Crippen LogP contribution in [0, 0.1) is 20.8 Å². The summed E-state index contributed by atoms with van der Waals surface area (Å²) < 4.78 is 47.5. The first-order chi connectivity index (χ1) is 17.6. The van der Waals surface area contributed by atoms with E-state index in [2.05, 4.69) is 4.98 Å². The van der Waals surface area contributed by atoms with Crippen molar-refractivity contribution in [1.82, 2.24) is 19.2 Å². The Labute approximate surface area is 210 Å². The molecule has 0 fully saturated rings. The standard InChI is InChI=1S/C28H23F3N4O2/c1-17-7-4-5-8-23(17)35-18(2)15-22(33-35)25-19(3)32-26-24(9-6-14-34(26)27(25)36)37-16-20-10-12-21(13-11-20)28(29,30)31/h4-15H,16H2,1-3H3. The second-order valence-corrected chi connectivity index (χ2v) is 8.80. The molecule has 0 radical (unpaired) electrons. The molecule has 9 heteroatoms. The first-order valence-electron chi connectivity index (χ1n) is 11.6. The van der Waals surface area contributed by atoms with Gasteiger partial charge in [-0.2, -0.15) is 18.3 Å². The van der Waals surface area contributed by atoms with Crippen molar-refractivity contribution in [3.63, 3.8) is 0 Å². The Kier molecular flexibility index (Phi) is 6.07. The van der Waals surface area contributed by atoms with Gasteiger partial charge in [-0.25, -0.2) is 9.67 Å². The highest BCUT2D eigenvalue weighted by Crippen LogP contribution is 2.29. The van der Waals surface area contributed by atoms with Crippen LogP contribution in [0.1, 0.15) is 28.1 Å². The van der Waals surface area contributed by atoms with E-state index in [9.17, 15) is 18.0 Å². The van der Waals surface area contributed by atoms with Gasteiger partial charge in [-0.1, -0.05) is 30.3 Å². The topological polar surface area (TPSA) is 61.4 Å². The smallest absolute Gasteiger partial charge is 0.416 e. The lowest BCUT2D eigenvalue weighted by atomic mass is 10.1. The van der Waals surface area contributed by atoms with Crippen molar-refractivity contribution in [3.05, 3.63) is 111 Å². The molecule has 0 aliphatic heterocycles. The summed E-state index contributed by atoms with van der Waals surface area (Å²) in [6, 6.07) is 17.8. The fraction of sp³-hybridized carbons (Fsp3) is 0.179. The van der Waals surface area contributed by atoms with Gasteiger partial charge in [-0.15, -0.1) is 0 Å². The minimum absolute atomic E-state index is 0.0223. The third kappa shape index (κ3) is 4.60. The van der Waals surface area contributed by atoms with Crippen molar-refractivity contribution in [1.29, 1.82) is 0 Å². The Morgan fingerprint density at radius 2 is 1.68 bits per heavy atom. The van der Waals surface area contributed by atoms with Crippen LogP contribution in [0.2, 0.25) is 0 Å². The highest BCUT2D eigenvalue weighted by molar-refractivity contribution is 5.66. The first kappa shape index (κ1) is 24.3. The molecule has 0 saturated carbocycles. The van der Waals surface area contributed by atoms with Gasteiger partial charge in [0.1, 0.15) is 12.3 Å². The molecule has 0 unspecified atom stereocenters. The van der Waals surface area contributed by atoms with Crippen LogP contribution >= 0.6 is 0 Å². The average molecular weight is 505 g/mol. The van der Waals surface area contributed by atoms with Crippen LogP contribution in [0.3, 0.4) is 0 Å². The number of rotatable bonds is 5. The molecule has 2 aromatic carbocycles. The molecule has 188 valence electrons. The van der Waals surface area contributed by atoms with E-state index in [1.54, 1.807) is 25.3 Å². The molecule has 3 heterocycles. The summed E-state index contributed by atoms with van der Waals surface area (Å²) in [6.45, 7) is 5.69. The number of nitrogens with zero attached hydrogens (tertiary/aromatic N) is 4. The number of para-hydroxylation sites is 1. The molecule has 6 nitrogen and oxygen atoms in total. The van der Waals surface area contributed by atoms with Crippen molar-refractivity contribution in [2.24, 2.45) is 0 Å². The Morgan fingerprint density at radius 1 is 0.946 bits per heavy atom. The van der Waals surface area contributed by atoms with E-state index in [0.717, 1.165) is 29.1 Å². The van der Waals surface area contributed by atoms with Crippen LogP contribution in [0.15, 0.2) is 77.7 Å². The molecule has 0 atom stereocenters. The van der Waals surface area contributed by atoms with E-state index in [1.807, 2.05) is 48.9 Å². The minimum Gasteiger partial charge on any atom is -0.485 e. The quantitative estimate of drug-likeness (QED) is 0.292. The van der Waals surface area contributed by atoms with Crippen molar-refractivity contribution in [3.8, 4) is 22.7 Å². The summed E-state index contributed by atoms with van der Waals surface area (Å²) >= 11 is 0. The number of pyridine rings is 1. The van der Waals surface area contributed by atoms with Crippen LogP contribution in [0.5, 0.6) is 5.75 Å². The van der Waals surface area contributed by atoms with Gasteiger partial charge in [-0.05, 0) is 68.3 Å². The Hall–Kier alpha value is -4.40. The number of ether oxygens (including phenoxy) is 1. The predicted octanol–water partition coefficient (Wildman–Crippen LogP) is 6.07. The van der Waals surface area contributed by atoms with E-state index < -0.39 is 11.7 Å². The number of hydrogen-bond donors (Lipinski definition) is 0. The van der Waals surface area contributed by atoms with Crippen molar-refractivity contribution >= 4 is 5.65 Å². The zero-order chi connectivity index (χ0) is 26.3. The lowest BCUT2D eigenvalue weighted by Gasteiger charge is -2.12. The SMILES string of the molecule is Cc1ccccc1-n1nc(-c2c(C)nc3c(OCc4ccc(C(F)(F)F)cc4)cccn3c2=O)cc1C. The monoisotopic (exact) mass is 504 g/mol. The third-order valence-corrected chi connectivity index (χ3v) is 6.16. The summed E-state index contributed by atoms with van der Waals surface area (Å²) in [5, 5.41) is 4.71. The second-order valence-electron chi connectivity index (χ2n) is 8.80. The van der Waals surface area contributed by atoms with E-state index in [0.29, 0.717) is 33.9 Å². The summed E-state index contributed by atoms with van der Waals surface area (Å²) in [6.07, 6.45) is -2.80. The lowest BCUT2D eigenvalue weighted by molar-refractivity contribution is -0.137. The first-order valence-corrected chi connectivity index (χ1v) is 11.6. The number of benzene rings is 2. The number of alkyl halides is 3. The van der Waals surface area contributed by atoms with Gasteiger partial charge in [0.15, 0.2) is 11.4 Å². The maximum absolute atomic E-state index is 13.5. The molecule has 0 amide bonds.